The number of hydrogen-bond donors (Lipinski definition) is 1. The lowest BCUT2D eigenvalue weighted by molar-refractivity contribution is 0.0938. The van der Waals surface area contributed by atoms with Crippen LogP contribution in [-0.2, 0) is 9.05 Å². The van der Waals surface area contributed by atoms with E-state index in [1.54, 1.807) is 13.0 Å². The lowest BCUT2D eigenvalue weighted by Gasteiger charge is -2.17. The maximum absolute atomic E-state index is 12.1. The Morgan fingerprint density at radius 3 is 2.40 bits per heavy atom. The van der Waals surface area contributed by atoms with E-state index in [4.69, 9.17) is 17.1 Å². The van der Waals surface area contributed by atoms with Gasteiger partial charge < -0.3 is 5.32 Å². The molecule has 0 saturated carbocycles. The van der Waals surface area contributed by atoms with E-state index in [-0.39, 0.29) is 16.4 Å². The first-order valence-corrected chi connectivity index (χ1v) is 8.29. The first-order chi connectivity index (χ1) is 9.15. The normalized spacial score (nSPS) is 12.8. The predicted molar refractivity (Wildman–Crippen MR) is 79.1 cm³/mol. The summed E-state index contributed by atoms with van der Waals surface area (Å²) in [5, 5.41) is 2.68. The van der Waals surface area contributed by atoms with E-state index in [2.05, 4.69) is 11.2 Å². The number of carbonyl (C=O) groups is 1. The minimum Gasteiger partial charge on any atom is -0.338 e. The number of rotatable bonds is 4. The van der Waals surface area contributed by atoms with Gasteiger partial charge >= 0.3 is 0 Å². The van der Waals surface area contributed by atoms with Crippen LogP contribution in [0.5, 0.6) is 0 Å². The van der Waals surface area contributed by atoms with Gasteiger partial charge in [-0.05, 0) is 36.6 Å². The molecule has 0 heterocycles. The predicted octanol–water partition coefficient (Wildman–Crippen LogP) is 2.31. The molecule has 0 spiro atoms. The first kappa shape index (κ1) is 16.5. The molecule has 1 rings (SSSR count). The van der Waals surface area contributed by atoms with Gasteiger partial charge in [-0.2, -0.15) is 0 Å². The fourth-order valence-corrected chi connectivity index (χ4v) is 2.51. The molecule has 0 aromatic heterocycles. The summed E-state index contributed by atoms with van der Waals surface area (Å²) in [6.07, 6.45) is 5.35. The molecule has 1 atom stereocenters. The molecule has 0 fully saturated rings. The third-order valence-electron chi connectivity index (χ3n) is 2.73. The van der Waals surface area contributed by atoms with E-state index in [0.717, 1.165) is 0 Å². The zero-order valence-corrected chi connectivity index (χ0v) is 13.0. The maximum atomic E-state index is 12.1. The van der Waals surface area contributed by atoms with E-state index in [0.29, 0.717) is 5.56 Å². The Kier molecular flexibility index (Phi) is 5.21. The monoisotopic (exact) mass is 313 g/mol. The number of hydrogen-bond acceptors (Lipinski definition) is 3. The highest BCUT2D eigenvalue weighted by Gasteiger charge is 2.18. The zero-order valence-electron chi connectivity index (χ0n) is 11.5. The third kappa shape index (κ3) is 4.26. The summed E-state index contributed by atoms with van der Waals surface area (Å²) in [7, 11) is 1.42. The second-order valence-electron chi connectivity index (χ2n) is 4.83. The highest BCUT2D eigenvalue weighted by atomic mass is 35.7. The van der Waals surface area contributed by atoms with Crippen LogP contribution in [0, 0.1) is 25.2 Å². The maximum Gasteiger partial charge on any atom is 0.261 e. The summed E-state index contributed by atoms with van der Waals surface area (Å²) in [6.45, 7) is 5.45. The fraction of sp³-hybridized carbons (Fsp3) is 0.357. The molecule has 0 saturated heterocycles. The number of terminal acetylenes is 1. The molecule has 4 nitrogen and oxygen atoms in total. The second kappa shape index (κ2) is 6.29. The molecule has 20 heavy (non-hydrogen) atoms. The Hall–Kier alpha value is -1.51. The average molecular weight is 314 g/mol. The Labute approximate surface area is 123 Å². The Morgan fingerprint density at radius 2 is 1.95 bits per heavy atom. The van der Waals surface area contributed by atoms with Gasteiger partial charge in [0, 0.05) is 16.2 Å². The van der Waals surface area contributed by atoms with Crippen LogP contribution in [0.25, 0.3) is 0 Å². The quantitative estimate of drug-likeness (QED) is 0.685. The van der Waals surface area contributed by atoms with Crippen molar-refractivity contribution >= 4 is 25.6 Å². The average Bonchev–Trinajstić information content (AvgIpc) is 2.33. The zero-order chi connectivity index (χ0) is 15.5. The molecular weight excluding hydrogens is 298 g/mol. The van der Waals surface area contributed by atoms with Crippen molar-refractivity contribution in [2.45, 2.75) is 31.7 Å². The van der Waals surface area contributed by atoms with E-state index in [1.165, 1.54) is 12.1 Å². The molecule has 0 aliphatic heterocycles. The number of carbonyl (C=O) groups excluding carboxylic acids is 1. The third-order valence-corrected chi connectivity index (χ3v) is 4.06. The molecule has 1 amide bonds. The van der Waals surface area contributed by atoms with Crippen molar-refractivity contribution in [1.82, 2.24) is 5.32 Å². The smallest absolute Gasteiger partial charge is 0.261 e. The van der Waals surface area contributed by atoms with Gasteiger partial charge in [0.05, 0.1) is 10.9 Å². The molecule has 1 aromatic carbocycles. The number of amides is 1. The summed E-state index contributed by atoms with van der Waals surface area (Å²) in [6, 6.07) is 3.80. The van der Waals surface area contributed by atoms with Crippen molar-refractivity contribution in [3.8, 4) is 12.3 Å². The van der Waals surface area contributed by atoms with Crippen molar-refractivity contribution in [2.24, 2.45) is 5.92 Å². The van der Waals surface area contributed by atoms with Crippen LogP contribution in [0.1, 0.15) is 29.8 Å². The van der Waals surface area contributed by atoms with Crippen LogP contribution in [0.15, 0.2) is 23.1 Å². The molecule has 108 valence electrons. The van der Waals surface area contributed by atoms with Crippen LogP contribution in [0.3, 0.4) is 0 Å². The van der Waals surface area contributed by atoms with Crippen LogP contribution < -0.4 is 5.32 Å². The van der Waals surface area contributed by atoms with Gasteiger partial charge in [0.2, 0.25) is 0 Å². The van der Waals surface area contributed by atoms with Gasteiger partial charge in [-0.3, -0.25) is 4.79 Å². The summed E-state index contributed by atoms with van der Waals surface area (Å²) < 4.78 is 22.7. The lowest BCUT2D eigenvalue weighted by Crippen LogP contribution is -2.37. The van der Waals surface area contributed by atoms with Gasteiger partial charge in [-0.15, -0.1) is 6.42 Å². The minimum atomic E-state index is -3.88. The van der Waals surface area contributed by atoms with Crippen LogP contribution >= 0.6 is 10.7 Å². The fourth-order valence-electron chi connectivity index (χ4n) is 1.65. The lowest BCUT2D eigenvalue weighted by atomic mass is 10.0. The van der Waals surface area contributed by atoms with Crippen molar-refractivity contribution in [3.63, 3.8) is 0 Å². The number of benzene rings is 1. The van der Waals surface area contributed by atoms with Crippen LogP contribution in [0.2, 0.25) is 0 Å². The summed E-state index contributed by atoms with van der Waals surface area (Å²) in [4.78, 5) is 12.0. The molecule has 6 heteroatoms. The molecule has 1 N–H and O–H groups in total. The van der Waals surface area contributed by atoms with Gasteiger partial charge in [0.1, 0.15) is 0 Å². The number of halogens is 1. The molecule has 1 unspecified atom stereocenters. The van der Waals surface area contributed by atoms with Crippen molar-refractivity contribution in [1.29, 1.82) is 0 Å². The minimum absolute atomic E-state index is 0.0741. The summed E-state index contributed by atoms with van der Waals surface area (Å²) in [5.74, 6) is 2.14. The highest BCUT2D eigenvalue weighted by molar-refractivity contribution is 8.13. The van der Waals surface area contributed by atoms with Gasteiger partial charge in [-0.1, -0.05) is 19.8 Å². The van der Waals surface area contributed by atoms with Gasteiger partial charge in [0.15, 0.2) is 0 Å². The molecular formula is C14H16ClNO3S. The first-order valence-electron chi connectivity index (χ1n) is 5.98. The Bertz CT molecular complexity index is 659. The van der Waals surface area contributed by atoms with Gasteiger partial charge in [0.25, 0.3) is 15.0 Å². The van der Waals surface area contributed by atoms with E-state index < -0.39 is 21.0 Å². The SMILES string of the molecule is C#CC(NC(=O)c1cc(C)cc(S(=O)(=O)Cl)c1)C(C)C. The summed E-state index contributed by atoms with van der Waals surface area (Å²) in [5.41, 5.74) is 0.837. The van der Waals surface area contributed by atoms with Crippen LogP contribution in [0.4, 0.5) is 0 Å². The molecule has 0 bridgehead atoms. The summed E-state index contributed by atoms with van der Waals surface area (Å²) >= 11 is 0. The van der Waals surface area contributed by atoms with E-state index in [9.17, 15) is 13.2 Å². The topological polar surface area (TPSA) is 63.2 Å². The van der Waals surface area contributed by atoms with Crippen molar-refractivity contribution in [3.05, 3.63) is 29.3 Å². The molecule has 0 radical (unpaired) electrons. The van der Waals surface area contributed by atoms with E-state index in [1.807, 2.05) is 13.8 Å². The number of aryl methyl sites for hydroxylation is 1. The van der Waals surface area contributed by atoms with Gasteiger partial charge in [-0.25, -0.2) is 8.42 Å². The van der Waals surface area contributed by atoms with Crippen molar-refractivity contribution < 1.29 is 13.2 Å². The largest absolute Gasteiger partial charge is 0.338 e. The second-order valence-corrected chi connectivity index (χ2v) is 7.40. The van der Waals surface area contributed by atoms with Crippen LogP contribution in [-0.4, -0.2) is 20.4 Å². The Morgan fingerprint density at radius 1 is 1.35 bits per heavy atom. The molecule has 0 aliphatic carbocycles. The Balaban J connectivity index is 3.12. The van der Waals surface area contributed by atoms with E-state index >= 15 is 0 Å². The molecule has 1 aromatic rings. The standard InChI is InChI=1S/C14H16ClNO3S/c1-5-13(9(2)3)16-14(17)11-6-10(4)7-12(8-11)20(15,18)19/h1,6-9,13H,2-4H3,(H,16,17). The highest BCUT2D eigenvalue weighted by Crippen LogP contribution is 2.19. The molecule has 0 aliphatic rings. The number of nitrogens with one attached hydrogen (secondary N) is 1. The van der Waals surface area contributed by atoms with Crippen molar-refractivity contribution in [2.75, 3.05) is 0 Å².